The molecule has 1 aromatic heterocycles. The van der Waals surface area contributed by atoms with Crippen molar-refractivity contribution >= 4 is 11.3 Å². The Morgan fingerprint density at radius 2 is 1.94 bits per heavy atom. The van der Waals surface area contributed by atoms with E-state index >= 15 is 0 Å². The molecule has 3 N–H and O–H groups in total. The Hall–Kier alpha value is -0.530. The van der Waals surface area contributed by atoms with Crippen LogP contribution >= 0.6 is 11.3 Å². The van der Waals surface area contributed by atoms with E-state index < -0.39 is 11.4 Å². The predicted octanol–water partition coefficient (Wildman–Crippen LogP) is 1.11. The maximum atomic E-state index is 10.7. The molecule has 6 heteroatoms. The van der Waals surface area contributed by atoms with Gasteiger partial charge in [0.05, 0.1) is 18.1 Å². The van der Waals surface area contributed by atoms with E-state index in [1.165, 1.54) is 11.3 Å². The van der Waals surface area contributed by atoms with Crippen molar-refractivity contribution in [3.8, 4) is 0 Å². The van der Waals surface area contributed by atoms with Gasteiger partial charge in [0, 0.05) is 25.6 Å². The molecule has 0 unspecified atom stereocenters. The standard InChI is InChI=1S/C12H18N2O3S/c13-7-10-14-8-9(18-10)11(15)1-3-12(4-2-11)16-5-6-17-12/h8,15H,1-7,13H2. The first-order valence-electron chi connectivity index (χ1n) is 6.31. The van der Waals surface area contributed by atoms with Gasteiger partial charge in [0.1, 0.15) is 10.6 Å². The summed E-state index contributed by atoms with van der Waals surface area (Å²) in [6.45, 7) is 1.75. The summed E-state index contributed by atoms with van der Waals surface area (Å²) < 4.78 is 11.3. The highest BCUT2D eigenvalue weighted by atomic mass is 32.1. The first-order chi connectivity index (χ1) is 8.66. The molecule has 0 radical (unpaired) electrons. The molecule has 0 aromatic carbocycles. The molecule has 1 aromatic rings. The van der Waals surface area contributed by atoms with Gasteiger partial charge in [-0.3, -0.25) is 0 Å². The van der Waals surface area contributed by atoms with Crippen LogP contribution in [-0.2, 0) is 21.6 Å². The van der Waals surface area contributed by atoms with Gasteiger partial charge in [-0.05, 0) is 12.8 Å². The third-order valence-electron chi connectivity index (χ3n) is 3.84. The van der Waals surface area contributed by atoms with E-state index in [2.05, 4.69) is 4.98 Å². The summed E-state index contributed by atoms with van der Waals surface area (Å²) in [4.78, 5) is 5.13. The van der Waals surface area contributed by atoms with E-state index in [4.69, 9.17) is 15.2 Å². The number of aliphatic hydroxyl groups is 1. The number of ether oxygens (including phenoxy) is 2. The Morgan fingerprint density at radius 3 is 2.50 bits per heavy atom. The van der Waals surface area contributed by atoms with Crippen LogP contribution < -0.4 is 5.73 Å². The molecule has 3 rings (SSSR count). The Bertz CT molecular complexity index is 419. The average molecular weight is 270 g/mol. The van der Waals surface area contributed by atoms with Crippen LogP contribution in [0.3, 0.4) is 0 Å². The summed E-state index contributed by atoms with van der Waals surface area (Å²) in [5, 5.41) is 11.6. The van der Waals surface area contributed by atoms with Crippen molar-refractivity contribution in [1.82, 2.24) is 4.98 Å². The minimum atomic E-state index is -0.786. The average Bonchev–Trinajstić information content (AvgIpc) is 3.04. The number of nitrogens with zero attached hydrogens (tertiary/aromatic N) is 1. The summed E-state index contributed by atoms with van der Waals surface area (Å²) in [6.07, 6.45) is 4.53. The molecule has 0 amide bonds. The van der Waals surface area contributed by atoms with Crippen molar-refractivity contribution in [2.24, 2.45) is 5.73 Å². The monoisotopic (exact) mass is 270 g/mol. The summed E-state index contributed by atoms with van der Waals surface area (Å²) >= 11 is 1.50. The molecule has 2 fully saturated rings. The SMILES string of the molecule is NCc1ncc(C2(O)CCC3(CC2)OCCO3)s1. The molecule has 1 aliphatic carbocycles. The van der Waals surface area contributed by atoms with Gasteiger partial charge in [-0.25, -0.2) is 4.98 Å². The zero-order valence-corrected chi connectivity index (χ0v) is 11.0. The molecule has 2 aliphatic rings. The fourth-order valence-electron chi connectivity index (χ4n) is 2.70. The number of aromatic nitrogens is 1. The van der Waals surface area contributed by atoms with Gasteiger partial charge in [-0.15, -0.1) is 11.3 Å². The lowest BCUT2D eigenvalue weighted by atomic mass is 9.80. The van der Waals surface area contributed by atoms with Crippen LogP contribution in [0.2, 0.25) is 0 Å². The van der Waals surface area contributed by atoms with Crippen molar-refractivity contribution in [2.75, 3.05) is 13.2 Å². The zero-order chi connectivity index (χ0) is 12.6. The van der Waals surface area contributed by atoms with E-state index in [1.54, 1.807) is 6.20 Å². The van der Waals surface area contributed by atoms with Crippen LogP contribution in [0.5, 0.6) is 0 Å². The first-order valence-corrected chi connectivity index (χ1v) is 7.13. The van der Waals surface area contributed by atoms with Gasteiger partial charge in [0.25, 0.3) is 0 Å². The maximum Gasteiger partial charge on any atom is 0.168 e. The second kappa shape index (κ2) is 4.54. The van der Waals surface area contributed by atoms with E-state index in [-0.39, 0.29) is 0 Å². The number of nitrogens with two attached hydrogens (primary N) is 1. The van der Waals surface area contributed by atoms with E-state index in [9.17, 15) is 5.11 Å². The molecular weight excluding hydrogens is 252 g/mol. The summed E-state index contributed by atoms with van der Waals surface area (Å²) in [5.74, 6) is -0.437. The van der Waals surface area contributed by atoms with Crippen molar-refractivity contribution in [2.45, 2.75) is 43.6 Å². The topological polar surface area (TPSA) is 77.6 Å². The molecule has 2 heterocycles. The number of hydrogen-bond acceptors (Lipinski definition) is 6. The second-order valence-corrected chi connectivity index (χ2v) is 6.08. The molecule has 5 nitrogen and oxygen atoms in total. The molecule has 18 heavy (non-hydrogen) atoms. The predicted molar refractivity (Wildman–Crippen MR) is 67.0 cm³/mol. The van der Waals surface area contributed by atoms with Crippen LogP contribution in [0.1, 0.15) is 35.6 Å². The highest BCUT2D eigenvalue weighted by molar-refractivity contribution is 7.11. The summed E-state index contributed by atoms with van der Waals surface area (Å²) in [5.41, 5.74) is 4.77. The second-order valence-electron chi connectivity index (χ2n) is 4.96. The fraction of sp³-hybridized carbons (Fsp3) is 0.750. The van der Waals surface area contributed by atoms with Crippen LogP contribution in [0.4, 0.5) is 0 Å². The maximum absolute atomic E-state index is 10.7. The Morgan fingerprint density at radius 1 is 1.28 bits per heavy atom. The number of rotatable bonds is 2. The quantitative estimate of drug-likeness (QED) is 0.841. The van der Waals surface area contributed by atoms with Crippen molar-refractivity contribution in [3.05, 3.63) is 16.1 Å². The molecule has 1 spiro atoms. The van der Waals surface area contributed by atoms with E-state index in [0.717, 1.165) is 22.7 Å². The van der Waals surface area contributed by atoms with Gasteiger partial charge in [0.2, 0.25) is 0 Å². The third kappa shape index (κ3) is 2.08. The summed E-state index contributed by atoms with van der Waals surface area (Å²) in [7, 11) is 0. The highest BCUT2D eigenvalue weighted by Crippen LogP contribution is 2.46. The molecule has 1 aliphatic heterocycles. The normalized spacial score (nSPS) is 25.7. The van der Waals surface area contributed by atoms with Gasteiger partial charge in [-0.2, -0.15) is 0 Å². The Labute approximate surface area is 110 Å². The highest BCUT2D eigenvalue weighted by Gasteiger charge is 2.46. The molecule has 0 atom stereocenters. The number of thiazole rings is 1. The molecule has 100 valence electrons. The Balaban J connectivity index is 1.73. The van der Waals surface area contributed by atoms with Gasteiger partial charge >= 0.3 is 0 Å². The smallest absolute Gasteiger partial charge is 0.168 e. The Kier molecular flexibility index (Phi) is 3.15. The molecule has 0 bridgehead atoms. The van der Waals surface area contributed by atoms with Gasteiger partial charge in [-0.1, -0.05) is 0 Å². The molecule has 1 saturated heterocycles. The fourth-order valence-corrected chi connectivity index (χ4v) is 3.64. The lowest BCUT2D eigenvalue weighted by molar-refractivity contribution is -0.203. The number of hydrogen-bond donors (Lipinski definition) is 2. The van der Waals surface area contributed by atoms with E-state index in [0.29, 0.717) is 32.6 Å². The van der Waals surface area contributed by atoms with Crippen LogP contribution in [0.15, 0.2) is 6.20 Å². The lowest BCUT2D eigenvalue weighted by Crippen LogP contribution is -2.41. The third-order valence-corrected chi connectivity index (χ3v) is 5.05. The van der Waals surface area contributed by atoms with Gasteiger partial charge in [0.15, 0.2) is 5.79 Å². The van der Waals surface area contributed by atoms with Crippen molar-refractivity contribution in [1.29, 1.82) is 0 Å². The summed E-state index contributed by atoms with van der Waals surface area (Å²) in [6, 6.07) is 0. The van der Waals surface area contributed by atoms with Crippen LogP contribution in [-0.4, -0.2) is 29.1 Å². The van der Waals surface area contributed by atoms with Crippen LogP contribution in [0, 0.1) is 0 Å². The minimum absolute atomic E-state index is 0.427. The van der Waals surface area contributed by atoms with Crippen LogP contribution in [0.25, 0.3) is 0 Å². The minimum Gasteiger partial charge on any atom is -0.384 e. The first kappa shape index (κ1) is 12.5. The molecule has 1 saturated carbocycles. The van der Waals surface area contributed by atoms with Crippen molar-refractivity contribution in [3.63, 3.8) is 0 Å². The molecular formula is C12H18N2O3S. The van der Waals surface area contributed by atoms with Gasteiger partial charge < -0.3 is 20.3 Å². The van der Waals surface area contributed by atoms with Crippen molar-refractivity contribution < 1.29 is 14.6 Å². The lowest BCUT2D eigenvalue weighted by Gasteiger charge is -2.39. The largest absolute Gasteiger partial charge is 0.384 e. The van der Waals surface area contributed by atoms with E-state index in [1.807, 2.05) is 0 Å². The zero-order valence-electron chi connectivity index (χ0n) is 10.2.